The van der Waals surface area contributed by atoms with E-state index in [9.17, 15) is 4.79 Å². The quantitative estimate of drug-likeness (QED) is 0.646. The second kappa shape index (κ2) is 6.44. The maximum Gasteiger partial charge on any atom is 0.238 e. The van der Waals surface area contributed by atoms with Gasteiger partial charge in [-0.05, 0) is 19.8 Å². The molecule has 4 nitrogen and oxygen atoms in total. The fourth-order valence-corrected chi connectivity index (χ4v) is 1.65. The number of piperidine rings is 1. The molecule has 0 bridgehead atoms. The second-order valence-electron chi connectivity index (χ2n) is 3.82. The van der Waals surface area contributed by atoms with E-state index < -0.39 is 0 Å². The van der Waals surface area contributed by atoms with E-state index in [4.69, 9.17) is 6.42 Å². The Labute approximate surface area is 91.4 Å². The fourth-order valence-electron chi connectivity index (χ4n) is 1.65. The number of amides is 1. The Morgan fingerprint density at radius 2 is 2.13 bits per heavy atom. The van der Waals surface area contributed by atoms with E-state index in [1.54, 1.807) is 0 Å². The molecule has 84 valence electrons. The van der Waals surface area contributed by atoms with Gasteiger partial charge in [-0.15, -0.1) is 6.42 Å². The molecule has 2 N–H and O–H groups in total. The molecule has 0 aromatic rings. The Kier molecular flexibility index (Phi) is 5.16. The number of hydrogen-bond acceptors (Lipinski definition) is 3. The molecule has 1 unspecified atom stereocenters. The highest BCUT2D eigenvalue weighted by Gasteiger charge is 2.16. The number of carbonyl (C=O) groups is 1. The number of carbonyl (C=O) groups excluding carboxylic acids is 1. The van der Waals surface area contributed by atoms with Crippen LogP contribution in [0.5, 0.6) is 0 Å². The highest BCUT2D eigenvalue weighted by Crippen LogP contribution is 2.06. The first-order valence-corrected chi connectivity index (χ1v) is 5.46. The Morgan fingerprint density at radius 3 is 2.73 bits per heavy atom. The number of nitrogens with one attached hydrogen (secondary N) is 2. The smallest absolute Gasteiger partial charge is 0.238 e. The van der Waals surface area contributed by atoms with E-state index in [1.165, 1.54) is 19.3 Å². The third-order valence-electron chi connectivity index (χ3n) is 2.49. The van der Waals surface area contributed by atoms with Gasteiger partial charge in [-0.2, -0.15) is 0 Å². The molecular weight excluding hydrogens is 190 g/mol. The maximum absolute atomic E-state index is 11.5. The van der Waals surface area contributed by atoms with Crippen LogP contribution in [0.2, 0.25) is 0 Å². The second-order valence-corrected chi connectivity index (χ2v) is 3.82. The van der Waals surface area contributed by atoms with Crippen molar-refractivity contribution in [2.24, 2.45) is 0 Å². The van der Waals surface area contributed by atoms with E-state index in [-0.39, 0.29) is 11.9 Å². The minimum absolute atomic E-state index is 0.0430. The van der Waals surface area contributed by atoms with Crippen LogP contribution in [0.3, 0.4) is 0 Å². The van der Waals surface area contributed by atoms with Crippen LogP contribution >= 0.6 is 0 Å². The van der Waals surface area contributed by atoms with Crippen LogP contribution in [0.4, 0.5) is 0 Å². The van der Waals surface area contributed by atoms with Crippen molar-refractivity contribution in [3.05, 3.63) is 0 Å². The molecule has 0 aromatic heterocycles. The lowest BCUT2D eigenvalue weighted by Gasteiger charge is -2.29. The molecule has 1 fully saturated rings. The van der Waals surface area contributed by atoms with Crippen molar-refractivity contribution in [1.29, 1.82) is 0 Å². The molecule has 1 aliphatic heterocycles. The van der Waals surface area contributed by atoms with Gasteiger partial charge in [0.15, 0.2) is 0 Å². The maximum atomic E-state index is 11.5. The van der Waals surface area contributed by atoms with E-state index in [0.717, 1.165) is 13.1 Å². The minimum Gasteiger partial charge on any atom is -0.344 e. The topological polar surface area (TPSA) is 44.4 Å². The third-order valence-corrected chi connectivity index (χ3v) is 2.49. The summed E-state index contributed by atoms with van der Waals surface area (Å²) in [5, 5.41) is 4.77. The molecule has 1 amide bonds. The molecule has 1 rings (SSSR count). The van der Waals surface area contributed by atoms with Gasteiger partial charge in [-0.1, -0.05) is 12.3 Å². The number of rotatable bonds is 4. The Hall–Kier alpha value is -1.05. The van der Waals surface area contributed by atoms with Crippen LogP contribution in [0.25, 0.3) is 0 Å². The summed E-state index contributed by atoms with van der Waals surface area (Å²) in [6, 6.07) is -0.212. The molecule has 1 aliphatic rings. The van der Waals surface area contributed by atoms with Crippen molar-refractivity contribution >= 4 is 5.91 Å². The first-order valence-electron chi connectivity index (χ1n) is 5.46. The van der Waals surface area contributed by atoms with E-state index in [2.05, 4.69) is 21.7 Å². The summed E-state index contributed by atoms with van der Waals surface area (Å²) in [6.45, 7) is 4.19. The zero-order chi connectivity index (χ0) is 11.1. The lowest BCUT2D eigenvalue weighted by molar-refractivity contribution is -0.124. The summed E-state index contributed by atoms with van der Waals surface area (Å²) in [6.07, 6.45) is 8.75. The zero-order valence-electron chi connectivity index (χ0n) is 9.25. The van der Waals surface area contributed by atoms with Gasteiger partial charge in [0.25, 0.3) is 0 Å². The average molecular weight is 209 g/mol. The molecule has 4 heteroatoms. The van der Waals surface area contributed by atoms with Gasteiger partial charge in [-0.25, -0.2) is 10.4 Å². The largest absolute Gasteiger partial charge is 0.344 e. The van der Waals surface area contributed by atoms with Gasteiger partial charge in [0.2, 0.25) is 5.91 Å². The molecule has 1 saturated heterocycles. The Bertz CT molecular complexity index is 241. The van der Waals surface area contributed by atoms with Gasteiger partial charge >= 0.3 is 0 Å². The van der Waals surface area contributed by atoms with Crippen molar-refractivity contribution in [3.8, 4) is 12.3 Å². The predicted octanol–water partition coefficient (Wildman–Crippen LogP) is 0.115. The van der Waals surface area contributed by atoms with E-state index in [1.807, 2.05) is 6.92 Å². The molecule has 1 atom stereocenters. The van der Waals surface area contributed by atoms with Crippen molar-refractivity contribution in [1.82, 2.24) is 15.8 Å². The highest BCUT2D eigenvalue weighted by molar-refractivity contribution is 5.81. The summed E-state index contributed by atoms with van der Waals surface area (Å²) in [4.78, 5) is 11.5. The SMILES string of the molecule is C#CCNC(=O)C(C)NN1CCCCC1. The van der Waals surface area contributed by atoms with Crippen molar-refractivity contribution < 1.29 is 4.79 Å². The minimum atomic E-state index is -0.212. The molecule has 0 spiro atoms. The Balaban J connectivity index is 2.24. The fraction of sp³-hybridized carbons (Fsp3) is 0.727. The van der Waals surface area contributed by atoms with Gasteiger partial charge in [0.05, 0.1) is 12.6 Å². The summed E-state index contributed by atoms with van der Waals surface area (Å²) >= 11 is 0. The van der Waals surface area contributed by atoms with Gasteiger partial charge in [0.1, 0.15) is 0 Å². The Morgan fingerprint density at radius 1 is 1.47 bits per heavy atom. The number of hydrogen-bond donors (Lipinski definition) is 2. The summed E-state index contributed by atoms with van der Waals surface area (Å²) < 4.78 is 0. The van der Waals surface area contributed by atoms with Gasteiger partial charge in [-0.3, -0.25) is 4.79 Å². The number of terminal acetylenes is 1. The average Bonchev–Trinajstić information content (AvgIpc) is 2.27. The van der Waals surface area contributed by atoms with Gasteiger partial charge in [0, 0.05) is 13.1 Å². The van der Waals surface area contributed by atoms with Crippen LogP contribution in [0.15, 0.2) is 0 Å². The van der Waals surface area contributed by atoms with Crippen molar-refractivity contribution in [2.45, 2.75) is 32.2 Å². The first kappa shape index (κ1) is 12.0. The van der Waals surface area contributed by atoms with Crippen LogP contribution < -0.4 is 10.7 Å². The van der Waals surface area contributed by atoms with Crippen molar-refractivity contribution in [2.75, 3.05) is 19.6 Å². The molecule has 0 aromatic carbocycles. The molecule has 0 radical (unpaired) electrons. The standard InChI is InChI=1S/C11H19N3O/c1-3-7-12-11(15)10(2)13-14-8-5-4-6-9-14/h1,10,13H,4-9H2,2H3,(H,12,15). The van der Waals surface area contributed by atoms with Crippen LogP contribution in [-0.4, -0.2) is 36.6 Å². The zero-order valence-corrected chi connectivity index (χ0v) is 9.25. The number of nitrogens with zero attached hydrogens (tertiary/aromatic N) is 1. The van der Waals surface area contributed by atoms with Crippen LogP contribution in [0, 0.1) is 12.3 Å². The summed E-state index contributed by atoms with van der Waals surface area (Å²) in [5.74, 6) is 2.34. The highest BCUT2D eigenvalue weighted by atomic mass is 16.2. The molecule has 0 saturated carbocycles. The molecule has 0 aliphatic carbocycles. The molecular formula is C11H19N3O. The molecule has 15 heavy (non-hydrogen) atoms. The lowest BCUT2D eigenvalue weighted by atomic mass is 10.2. The number of hydrazine groups is 1. The van der Waals surface area contributed by atoms with E-state index in [0.29, 0.717) is 6.54 Å². The predicted molar refractivity (Wildman–Crippen MR) is 59.9 cm³/mol. The normalized spacial score (nSPS) is 19.2. The third kappa shape index (κ3) is 4.32. The summed E-state index contributed by atoms with van der Waals surface area (Å²) in [7, 11) is 0. The van der Waals surface area contributed by atoms with E-state index >= 15 is 0 Å². The molecule has 1 heterocycles. The summed E-state index contributed by atoms with van der Waals surface area (Å²) in [5.41, 5.74) is 3.18. The van der Waals surface area contributed by atoms with Crippen molar-refractivity contribution in [3.63, 3.8) is 0 Å². The van der Waals surface area contributed by atoms with Crippen LogP contribution in [-0.2, 0) is 4.79 Å². The van der Waals surface area contributed by atoms with Crippen LogP contribution in [0.1, 0.15) is 26.2 Å². The van der Waals surface area contributed by atoms with Gasteiger partial charge < -0.3 is 5.32 Å². The lowest BCUT2D eigenvalue weighted by Crippen LogP contribution is -2.52. The monoisotopic (exact) mass is 209 g/mol. The first-order chi connectivity index (χ1) is 7.24.